The number of anilines is 1. The van der Waals surface area contributed by atoms with E-state index in [0.29, 0.717) is 0 Å². The molecule has 1 aromatic carbocycles. The number of nitrogens with zero attached hydrogens (tertiary/aromatic N) is 2. The molecule has 16 heavy (non-hydrogen) atoms. The third-order valence-electron chi connectivity index (χ3n) is 2.64. The molecule has 0 saturated heterocycles. The summed E-state index contributed by atoms with van der Waals surface area (Å²) in [5.74, 6) is 0. The van der Waals surface area contributed by atoms with Gasteiger partial charge in [-0.1, -0.05) is 12.1 Å². The average Bonchev–Trinajstić information content (AvgIpc) is 2.77. The van der Waals surface area contributed by atoms with Gasteiger partial charge in [-0.15, -0.1) is 0 Å². The third kappa shape index (κ3) is 1.42. The second-order valence-corrected chi connectivity index (χ2v) is 3.73. The van der Waals surface area contributed by atoms with Crippen LogP contribution in [0.3, 0.4) is 0 Å². The van der Waals surface area contributed by atoms with Crippen molar-refractivity contribution < 1.29 is 0 Å². The molecule has 0 saturated carbocycles. The number of nitrogens with two attached hydrogens (primary N) is 1. The van der Waals surface area contributed by atoms with E-state index in [1.54, 1.807) is 6.20 Å². The summed E-state index contributed by atoms with van der Waals surface area (Å²) in [7, 11) is 0. The van der Waals surface area contributed by atoms with Crippen LogP contribution in [-0.4, -0.2) is 9.38 Å². The van der Waals surface area contributed by atoms with E-state index in [1.807, 2.05) is 41.1 Å². The minimum absolute atomic E-state index is 0.783. The Hall–Kier alpha value is -2.29. The van der Waals surface area contributed by atoms with Crippen molar-refractivity contribution in [1.29, 1.82) is 0 Å². The molecule has 0 fully saturated rings. The average molecular weight is 209 g/mol. The minimum Gasteiger partial charge on any atom is -0.399 e. The van der Waals surface area contributed by atoms with Crippen LogP contribution in [0.1, 0.15) is 0 Å². The number of aromatic nitrogens is 2. The number of hydrogen-bond donors (Lipinski definition) is 1. The molecule has 0 unspecified atom stereocenters. The van der Waals surface area contributed by atoms with Crippen LogP contribution in [0.2, 0.25) is 0 Å². The zero-order valence-electron chi connectivity index (χ0n) is 8.67. The fraction of sp³-hybridized carbons (Fsp3) is 0. The number of hydrogen-bond acceptors (Lipinski definition) is 2. The lowest BCUT2D eigenvalue weighted by molar-refractivity contribution is 1.19. The molecule has 0 aliphatic carbocycles. The largest absolute Gasteiger partial charge is 0.399 e. The fourth-order valence-electron chi connectivity index (χ4n) is 1.77. The molecule has 3 nitrogen and oxygen atoms in total. The zero-order chi connectivity index (χ0) is 11.0. The van der Waals surface area contributed by atoms with Crippen molar-refractivity contribution in [1.82, 2.24) is 9.38 Å². The smallest absolute Gasteiger partial charge is 0.137 e. The Labute approximate surface area is 93.2 Å². The van der Waals surface area contributed by atoms with E-state index in [4.69, 9.17) is 5.73 Å². The molecule has 78 valence electrons. The molecule has 0 spiro atoms. The van der Waals surface area contributed by atoms with Crippen LogP contribution in [-0.2, 0) is 0 Å². The predicted octanol–water partition coefficient (Wildman–Crippen LogP) is 2.58. The highest BCUT2D eigenvalue weighted by atomic mass is 15.0. The minimum atomic E-state index is 0.783. The van der Waals surface area contributed by atoms with Crippen molar-refractivity contribution in [2.24, 2.45) is 0 Å². The SMILES string of the molecule is Nc1ccc(-c2ccn3ccnc3c2)cc1. The van der Waals surface area contributed by atoms with E-state index >= 15 is 0 Å². The fourth-order valence-corrected chi connectivity index (χ4v) is 1.77. The zero-order valence-corrected chi connectivity index (χ0v) is 8.67. The first kappa shape index (κ1) is 8.97. The summed E-state index contributed by atoms with van der Waals surface area (Å²) >= 11 is 0. The van der Waals surface area contributed by atoms with Gasteiger partial charge in [-0.3, -0.25) is 0 Å². The van der Waals surface area contributed by atoms with Gasteiger partial charge in [-0.25, -0.2) is 4.98 Å². The first-order chi connectivity index (χ1) is 7.83. The summed E-state index contributed by atoms with van der Waals surface area (Å²) < 4.78 is 1.99. The lowest BCUT2D eigenvalue weighted by Gasteiger charge is -2.02. The Kier molecular flexibility index (Phi) is 1.90. The molecule has 0 amide bonds. The Bertz CT molecular complexity index is 623. The van der Waals surface area contributed by atoms with E-state index in [2.05, 4.69) is 17.1 Å². The quantitative estimate of drug-likeness (QED) is 0.626. The highest BCUT2D eigenvalue weighted by Gasteiger charge is 1.99. The number of pyridine rings is 1. The molecule has 0 aliphatic rings. The van der Waals surface area contributed by atoms with E-state index in [9.17, 15) is 0 Å². The van der Waals surface area contributed by atoms with Crippen molar-refractivity contribution in [3.8, 4) is 11.1 Å². The number of nitrogen functional groups attached to an aromatic ring is 1. The maximum atomic E-state index is 5.66. The predicted molar refractivity (Wildman–Crippen MR) is 65.0 cm³/mol. The maximum Gasteiger partial charge on any atom is 0.137 e. The molecule has 3 heteroatoms. The molecule has 3 rings (SSSR count). The monoisotopic (exact) mass is 209 g/mol. The number of rotatable bonds is 1. The highest BCUT2D eigenvalue weighted by Crippen LogP contribution is 2.21. The first-order valence-electron chi connectivity index (χ1n) is 5.11. The van der Waals surface area contributed by atoms with Crippen molar-refractivity contribution >= 4 is 11.3 Å². The van der Waals surface area contributed by atoms with Gasteiger partial charge in [0, 0.05) is 24.3 Å². The molecule has 0 aliphatic heterocycles. The van der Waals surface area contributed by atoms with E-state index in [1.165, 1.54) is 0 Å². The van der Waals surface area contributed by atoms with Gasteiger partial charge in [-0.05, 0) is 35.4 Å². The summed E-state index contributed by atoms with van der Waals surface area (Å²) in [5.41, 5.74) is 9.70. The standard InChI is InChI=1S/C13H11N3/c14-12-3-1-10(2-4-12)11-5-7-16-8-6-15-13(16)9-11/h1-9H,14H2. The van der Waals surface area contributed by atoms with Crippen LogP contribution < -0.4 is 5.73 Å². The second-order valence-electron chi connectivity index (χ2n) is 3.73. The molecule has 0 radical (unpaired) electrons. The molecule has 0 atom stereocenters. The van der Waals surface area contributed by atoms with Crippen LogP contribution in [0.25, 0.3) is 16.8 Å². The first-order valence-corrected chi connectivity index (χ1v) is 5.11. The lowest BCUT2D eigenvalue weighted by Crippen LogP contribution is -1.86. The van der Waals surface area contributed by atoms with Gasteiger partial charge in [0.15, 0.2) is 0 Å². The Balaban J connectivity index is 2.14. The van der Waals surface area contributed by atoms with Gasteiger partial charge in [-0.2, -0.15) is 0 Å². The van der Waals surface area contributed by atoms with Gasteiger partial charge in [0.05, 0.1) is 0 Å². The molecule has 0 bridgehead atoms. The van der Waals surface area contributed by atoms with Crippen LogP contribution in [0.4, 0.5) is 5.69 Å². The summed E-state index contributed by atoms with van der Waals surface area (Å²) in [5, 5.41) is 0. The molecule has 2 heterocycles. The highest BCUT2D eigenvalue weighted by molar-refractivity contribution is 5.68. The Morgan fingerprint density at radius 2 is 1.75 bits per heavy atom. The van der Waals surface area contributed by atoms with Crippen LogP contribution in [0.15, 0.2) is 55.0 Å². The van der Waals surface area contributed by atoms with E-state index in [-0.39, 0.29) is 0 Å². The summed E-state index contributed by atoms with van der Waals surface area (Å²) in [6.45, 7) is 0. The van der Waals surface area contributed by atoms with Gasteiger partial charge >= 0.3 is 0 Å². The summed E-state index contributed by atoms with van der Waals surface area (Å²) in [6, 6.07) is 12.0. The molecule has 2 N–H and O–H groups in total. The van der Waals surface area contributed by atoms with Crippen LogP contribution >= 0.6 is 0 Å². The van der Waals surface area contributed by atoms with Crippen molar-refractivity contribution in [2.75, 3.05) is 5.73 Å². The second kappa shape index (κ2) is 3.38. The molecule has 2 aromatic heterocycles. The molecule has 3 aromatic rings. The Morgan fingerprint density at radius 3 is 2.56 bits per heavy atom. The normalized spacial score (nSPS) is 10.8. The maximum absolute atomic E-state index is 5.66. The van der Waals surface area contributed by atoms with Crippen LogP contribution in [0, 0.1) is 0 Å². The number of imidazole rings is 1. The summed E-state index contributed by atoms with van der Waals surface area (Å²) in [6.07, 6.45) is 5.73. The van der Waals surface area contributed by atoms with Crippen molar-refractivity contribution in [3.05, 3.63) is 55.0 Å². The van der Waals surface area contributed by atoms with E-state index < -0.39 is 0 Å². The number of fused-ring (bicyclic) bond motifs is 1. The molecular weight excluding hydrogens is 198 g/mol. The van der Waals surface area contributed by atoms with Gasteiger partial charge < -0.3 is 10.1 Å². The number of benzene rings is 1. The van der Waals surface area contributed by atoms with Gasteiger partial charge in [0.1, 0.15) is 5.65 Å². The van der Waals surface area contributed by atoms with Gasteiger partial charge in [0.2, 0.25) is 0 Å². The lowest BCUT2D eigenvalue weighted by atomic mass is 10.1. The molecular formula is C13H11N3. The van der Waals surface area contributed by atoms with Crippen molar-refractivity contribution in [3.63, 3.8) is 0 Å². The van der Waals surface area contributed by atoms with Crippen molar-refractivity contribution in [2.45, 2.75) is 0 Å². The summed E-state index contributed by atoms with van der Waals surface area (Å²) in [4.78, 5) is 4.26. The van der Waals surface area contributed by atoms with E-state index in [0.717, 1.165) is 22.5 Å². The van der Waals surface area contributed by atoms with Crippen LogP contribution in [0.5, 0.6) is 0 Å². The third-order valence-corrected chi connectivity index (χ3v) is 2.64. The Morgan fingerprint density at radius 1 is 0.938 bits per heavy atom. The van der Waals surface area contributed by atoms with Gasteiger partial charge in [0.25, 0.3) is 0 Å². The topological polar surface area (TPSA) is 43.3 Å².